The van der Waals surface area contributed by atoms with Crippen LogP contribution >= 0.6 is 0 Å². The van der Waals surface area contributed by atoms with Crippen molar-refractivity contribution in [2.24, 2.45) is 11.8 Å². The van der Waals surface area contributed by atoms with Gasteiger partial charge >= 0.3 is 5.97 Å². The third-order valence-electron chi connectivity index (χ3n) is 4.96. The monoisotopic (exact) mass is 332 g/mol. The van der Waals surface area contributed by atoms with Crippen molar-refractivity contribution in [3.05, 3.63) is 29.8 Å². The summed E-state index contributed by atoms with van der Waals surface area (Å²) in [6.45, 7) is 3.14. The maximum atomic E-state index is 12.7. The van der Waals surface area contributed by atoms with Gasteiger partial charge in [-0.3, -0.25) is 14.5 Å². The highest BCUT2D eigenvalue weighted by Gasteiger charge is 2.37. The van der Waals surface area contributed by atoms with Gasteiger partial charge in [0.2, 0.25) is 5.91 Å². The van der Waals surface area contributed by atoms with Crippen LogP contribution in [0.25, 0.3) is 0 Å². The molecule has 6 nitrogen and oxygen atoms in total. The molecule has 1 aromatic carbocycles. The van der Waals surface area contributed by atoms with Gasteiger partial charge < -0.3 is 15.1 Å². The molecule has 1 aromatic rings. The zero-order valence-electron chi connectivity index (χ0n) is 13.7. The highest BCUT2D eigenvalue weighted by molar-refractivity contribution is 5.81. The van der Waals surface area contributed by atoms with Gasteiger partial charge in [-0.25, -0.2) is 0 Å². The highest BCUT2D eigenvalue weighted by Crippen LogP contribution is 2.27. The molecule has 2 N–H and O–H groups in total. The number of hydrogen-bond acceptors (Lipinski definition) is 4. The van der Waals surface area contributed by atoms with E-state index in [1.807, 2.05) is 15.9 Å². The van der Waals surface area contributed by atoms with E-state index in [1.165, 1.54) is 0 Å². The summed E-state index contributed by atoms with van der Waals surface area (Å²) in [5.74, 6) is -1.32. The summed E-state index contributed by atoms with van der Waals surface area (Å²) >= 11 is 0. The first-order valence-electron chi connectivity index (χ1n) is 8.55. The highest BCUT2D eigenvalue weighted by atomic mass is 16.4. The van der Waals surface area contributed by atoms with Gasteiger partial charge in [0.15, 0.2) is 0 Å². The minimum Gasteiger partial charge on any atom is -0.508 e. The molecule has 2 saturated heterocycles. The van der Waals surface area contributed by atoms with Crippen LogP contribution in [0, 0.1) is 11.8 Å². The molecule has 2 heterocycles. The predicted molar refractivity (Wildman–Crippen MR) is 88.4 cm³/mol. The Morgan fingerprint density at radius 1 is 1.12 bits per heavy atom. The summed E-state index contributed by atoms with van der Waals surface area (Å²) in [6.07, 6.45) is 2.49. The van der Waals surface area contributed by atoms with Gasteiger partial charge in [-0.05, 0) is 37.0 Å². The molecule has 0 spiro atoms. The standard InChI is InChI=1S/C18H24N2O4/c21-16-5-3-4-13(8-16)10-19-11-14(9-15(12-19)18(23)24)17(22)20-6-1-2-7-20/h3-5,8,14-15,21H,1-2,6-7,9-12H2,(H,23,24)/t14-,15+/m1/s1. The normalized spacial score (nSPS) is 24.9. The Kier molecular flexibility index (Phi) is 5.04. The Morgan fingerprint density at radius 2 is 1.83 bits per heavy atom. The number of phenolic OH excluding ortho intramolecular Hbond substituents is 1. The van der Waals surface area contributed by atoms with Crippen LogP contribution in [0.1, 0.15) is 24.8 Å². The number of amides is 1. The summed E-state index contributed by atoms with van der Waals surface area (Å²) < 4.78 is 0. The van der Waals surface area contributed by atoms with E-state index >= 15 is 0 Å². The average Bonchev–Trinajstić information content (AvgIpc) is 3.08. The van der Waals surface area contributed by atoms with Crippen molar-refractivity contribution in [1.82, 2.24) is 9.80 Å². The van der Waals surface area contributed by atoms with E-state index in [1.54, 1.807) is 18.2 Å². The quantitative estimate of drug-likeness (QED) is 0.874. The topological polar surface area (TPSA) is 81.1 Å². The van der Waals surface area contributed by atoms with Crippen molar-refractivity contribution in [2.75, 3.05) is 26.2 Å². The van der Waals surface area contributed by atoms with Gasteiger partial charge in [-0.1, -0.05) is 12.1 Å². The molecule has 0 saturated carbocycles. The second-order valence-electron chi connectivity index (χ2n) is 6.86. The average molecular weight is 332 g/mol. The number of aliphatic carboxylic acids is 1. The molecule has 2 atom stereocenters. The molecule has 0 unspecified atom stereocenters. The molecule has 24 heavy (non-hydrogen) atoms. The van der Waals surface area contributed by atoms with Crippen molar-refractivity contribution in [2.45, 2.75) is 25.8 Å². The van der Waals surface area contributed by atoms with Crippen molar-refractivity contribution in [3.63, 3.8) is 0 Å². The summed E-state index contributed by atoms with van der Waals surface area (Å²) in [6, 6.07) is 6.97. The number of carboxylic acids is 1. The lowest BCUT2D eigenvalue weighted by molar-refractivity contribution is -0.147. The second-order valence-corrected chi connectivity index (χ2v) is 6.86. The van der Waals surface area contributed by atoms with Crippen LogP contribution in [0.2, 0.25) is 0 Å². The van der Waals surface area contributed by atoms with E-state index in [-0.39, 0.29) is 17.6 Å². The molecule has 0 aromatic heterocycles. The number of carbonyl (C=O) groups is 2. The lowest BCUT2D eigenvalue weighted by atomic mass is 9.88. The fourth-order valence-electron chi connectivity index (χ4n) is 3.79. The number of likely N-dealkylation sites (tertiary alicyclic amines) is 2. The number of phenols is 1. The largest absolute Gasteiger partial charge is 0.508 e. The summed E-state index contributed by atoms with van der Waals surface area (Å²) in [7, 11) is 0. The van der Waals surface area contributed by atoms with Crippen LogP contribution in [0.4, 0.5) is 0 Å². The minimum absolute atomic E-state index is 0.0966. The number of nitrogens with zero attached hydrogens (tertiary/aromatic N) is 2. The lowest BCUT2D eigenvalue weighted by Gasteiger charge is -2.37. The van der Waals surface area contributed by atoms with Gasteiger partial charge in [0, 0.05) is 32.7 Å². The first-order chi connectivity index (χ1) is 11.5. The Hall–Kier alpha value is -2.08. The van der Waals surface area contributed by atoms with Gasteiger partial charge in [-0.15, -0.1) is 0 Å². The maximum Gasteiger partial charge on any atom is 0.307 e. The molecule has 6 heteroatoms. The fraction of sp³-hybridized carbons (Fsp3) is 0.556. The lowest BCUT2D eigenvalue weighted by Crippen LogP contribution is -2.48. The molecule has 0 aliphatic carbocycles. The van der Waals surface area contributed by atoms with Gasteiger partial charge in [0.1, 0.15) is 5.75 Å². The molecule has 2 aliphatic heterocycles. The third kappa shape index (κ3) is 3.87. The van der Waals surface area contributed by atoms with Crippen molar-refractivity contribution in [1.29, 1.82) is 0 Å². The number of carboxylic acid groups (broad SMARTS) is 1. The van der Waals surface area contributed by atoms with Gasteiger partial charge in [0.05, 0.1) is 11.8 Å². The molecule has 2 fully saturated rings. The van der Waals surface area contributed by atoms with Crippen LogP contribution < -0.4 is 0 Å². The molecule has 130 valence electrons. The fourth-order valence-corrected chi connectivity index (χ4v) is 3.79. The molecule has 0 radical (unpaired) electrons. The second kappa shape index (κ2) is 7.21. The van der Waals surface area contributed by atoms with E-state index in [9.17, 15) is 19.8 Å². The summed E-state index contributed by atoms with van der Waals surface area (Å²) in [5.41, 5.74) is 0.924. The minimum atomic E-state index is -0.838. The smallest absolute Gasteiger partial charge is 0.307 e. The summed E-state index contributed by atoms with van der Waals surface area (Å²) in [5, 5.41) is 19.0. The Bertz CT molecular complexity index is 613. The van der Waals surface area contributed by atoms with E-state index in [0.29, 0.717) is 26.1 Å². The third-order valence-corrected chi connectivity index (χ3v) is 4.96. The van der Waals surface area contributed by atoms with Gasteiger partial charge in [-0.2, -0.15) is 0 Å². The van der Waals surface area contributed by atoms with Crippen LogP contribution in [-0.2, 0) is 16.1 Å². The zero-order chi connectivity index (χ0) is 17.1. The van der Waals surface area contributed by atoms with E-state index in [0.717, 1.165) is 31.5 Å². The Morgan fingerprint density at radius 3 is 2.50 bits per heavy atom. The van der Waals surface area contributed by atoms with E-state index in [2.05, 4.69) is 0 Å². The van der Waals surface area contributed by atoms with Gasteiger partial charge in [0.25, 0.3) is 0 Å². The zero-order valence-corrected chi connectivity index (χ0v) is 13.7. The van der Waals surface area contributed by atoms with Crippen LogP contribution in [0.5, 0.6) is 5.75 Å². The molecular formula is C18H24N2O4. The number of benzene rings is 1. The van der Waals surface area contributed by atoms with Crippen molar-refractivity contribution < 1.29 is 19.8 Å². The number of rotatable bonds is 4. The Balaban J connectivity index is 1.71. The molecule has 2 aliphatic rings. The molecule has 3 rings (SSSR count). The predicted octanol–water partition coefficient (Wildman–Crippen LogP) is 1.54. The SMILES string of the molecule is O=C(O)[C@H]1C[C@@H](C(=O)N2CCCC2)CN(Cc2cccc(O)c2)C1. The first kappa shape index (κ1) is 16.8. The first-order valence-corrected chi connectivity index (χ1v) is 8.55. The summed E-state index contributed by atoms with van der Waals surface area (Å²) in [4.78, 5) is 28.1. The maximum absolute atomic E-state index is 12.7. The van der Waals surface area contributed by atoms with E-state index < -0.39 is 11.9 Å². The van der Waals surface area contributed by atoms with Crippen molar-refractivity contribution >= 4 is 11.9 Å². The van der Waals surface area contributed by atoms with Crippen molar-refractivity contribution in [3.8, 4) is 5.75 Å². The molecule has 0 bridgehead atoms. The molecule has 1 amide bonds. The number of piperidine rings is 1. The van der Waals surface area contributed by atoms with Crippen LogP contribution in [0.3, 0.4) is 0 Å². The Labute approximate surface area is 141 Å². The molecular weight excluding hydrogens is 308 g/mol. The number of carbonyl (C=O) groups excluding carboxylic acids is 1. The van der Waals surface area contributed by atoms with Crippen LogP contribution in [-0.4, -0.2) is 58.1 Å². The number of aromatic hydroxyl groups is 1. The number of hydrogen-bond donors (Lipinski definition) is 2. The van der Waals surface area contributed by atoms with E-state index in [4.69, 9.17) is 0 Å². The van der Waals surface area contributed by atoms with Crippen LogP contribution in [0.15, 0.2) is 24.3 Å².